The number of esters is 1. The van der Waals surface area contributed by atoms with Gasteiger partial charge in [-0.1, -0.05) is 18.2 Å². The first-order valence-electron chi connectivity index (χ1n) is 6.20. The van der Waals surface area contributed by atoms with E-state index in [2.05, 4.69) is 9.47 Å². The molecule has 1 N–H and O–H groups in total. The molecule has 0 bridgehead atoms. The lowest BCUT2D eigenvalue weighted by Gasteiger charge is -2.43. The topological polar surface area (TPSA) is 72.8 Å². The fourth-order valence-electron chi connectivity index (χ4n) is 1.88. The highest BCUT2D eigenvalue weighted by molar-refractivity contribution is 5.89. The number of hydrogen-bond acceptors (Lipinski definition) is 4. The number of carboxylic acid groups (broad SMARTS) is 1. The Balaban J connectivity index is 2.36. The third-order valence-electron chi connectivity index (χ3n) is 3.17. The second-order valence-electron chi connectivity index (χ2n) is 4.78. The summed E-state index contributed by atoms with van der Waals surface area (Å²) in [4.78, 5) is 22.3. The lowest BCUT2D eigenvalue weighted by Crippen LogP contribution is -2.71. The van der Waals surface area contributed by atoms with Gasteiger partial charge in [-0.2, -0.15) is 26.3 Å². The van der Waals surface area contributed by atoms with Gasteiger partial charge in [0.1, 0.15) is 0 Å². The monoisotopic (exact) mass is 358 g/mol. The number of hydrogen-bond donors (Lipinski definition) is 1. The Hall–Kier alpha value is -2.30. The summed E-state index contributed by atoms with van der Waals surface area (Å²) >= 11 is 0. The van der Waals surface area contributed by atoms with E-state index in [1.807, 2.05) is 0 Å². The van der Waals surface area contributed by atoms with Crippen molar-refractivity contribution in [2.45, 2.75) is 30.2 Å². The minimum absolute atomic E-state index is 0.357. The van der Waals surface area contributed by atoms with Crippen LogP contribution < -0.4 is 0 Å². The number of rotatable bonds is 3. The van der Waals surface area contributed by atoms with Gasteiger partial charge < -0.3 is 14.6 Å². The Bertz CT molecular complexity index is 648. The minimum Gasteiger partial charge on any atom is -0.479 e. The van der Waals surface area contributed by atoms with E-state index < -0.39 is 42.1 Å². The van der Waals surface area contributed by atoms with Crippen LogP contribution in [0.2, 0.25) is 0 Å². The molecule has 0 aliphatic carbocycles. The molecule has 2 atom stereocenters. The standard InChI is InChI=1S/C13H8F6O5/c14-11(15)7(8(20)21)23-10(12(16,17)13(11,18)19)24-9(22)6-4-2-1-3-5-6/h1-5,7,10H,(H,20,21)/t7-,10-/m1/s1. The van der Waals surface area contributed by atoms with Crippen LogP contribution in [0.25, 0.3) is 0 Å². The van der Waals surface area contributed by atoms with Crippen molar-refractivity contribution in [1.82, 2.24) is 0 Å². The van der Waals surface area contributed by atoms with E-state index in [1.165, 1.54) is 18.2 Å². The van der Waals surface area contributed by atoms with E-state index in [9.17, 15) is 35.9 Å². The van der Waals surface area contributed by atoms with E-state index in [0.29, 0.717) is 0 Å². The summed E-state index contributed by atoms with van der Waals surface area (Å²) in [6.45, 7) is 0. The maximum Gasteiger partial charge on any atom is 0.381 e. The predicted octanol–water partition coefficient (Wildman–Crippen LogP) is 2.56. The van der Waals surface area contributed by atoms with Gasteiger partial charge in [0.2, 0.25) is 6.10 Å². The fourth-order valence-corrected chi connectivity index (χ4v) is 1.88. The zero-order valence-corrected chi connectivity index (χ0v) is 11.4. The van der Waals surface area contributed by atoms with Crippen LogP contribution in [0.15, 0.2) is 30.3 Å². The molecule has 2 rings (SSSR count). The van der Waals surface area contributed by atoms with Crippen LogP contribution in [-0.4, -0.2) is 47.2 Å². The summed E-state index contributed by atoms with van der Waals surface area (Å²) in [5.74, 6) is -21.7. The van der Waals surface area contributed by atoms with Gasteiger partial charge in [-0.3, -0.25) is 0 Å². The van der Waals surface area contributed by atoms with Crippen molar-refractivity contribution in [1.29, 1.82) is 0 Å². The van der Waals surface area contributed by atoms with Crippen LogP contribution in [0.3, 0.4) is 0 Å². The number of halogens is 6. The molecule has 5 nitrogen and oxygen atoms in total. The minimum atomic E-state index is -6.12. The van der Waals surface area contributed by atoms with Crippen LogP contribution in [0.5, 0.6) is 0 Å². The highest BCUT2D eigenvalue weighted by Crippen LogP contribution is 2.54. The largest absolute Gasteiger partial charge is 0.479 e. The highest BCUT2D eigenvalue weighted by atomic mass is 19.3. The molecule has 1 aromatic rings. The summed E-state index contributed by atoms with van der Waals surface area (Å²) in [6, 6.07) is 6.17. The Morgan fingerprint density at radius 1 is 1.00 bits per heavy atom. The van der Waals surface area contributed by atoms with Crippen LogP contribution >= 0.6 is 0 Å². The lowest BCUT2D eigenvalue weighted by molar-refractivity contribution is -0.428. The first kappa shape index (κ1) is 18.0. The van der Waals surface area contributed by atoms with E-state index in [0.717, 1.165) is 12.1 Å². The SMILES string of the molecule is O=C(O[C@H]1O[C@H](C(=O)O)C(F)(F)C(F)(F)C1(F)F)c1ccccc1. The average Bonchev–Trinajstić information content (AvgIpc) is 2.49. The highest BCUT2D eigenvalue weighted by Gasteiger charge is 2.83. The Morgan fingerprint density at radius 3 is 2.04 bits per heavy atom. The Kier molecular flexibility index (Phi) is 4.25. The number of benzene rings is 1. The molecule has 0 amide bonds. The van der Waals surface area contributed by atoms with Crippen molar-refractivity contribution in [3.63, 3.8) is 0 Å². The van der Waals surface area contributed by atoms with E-state index in [1.54, 1.807) is 0 Å². The van der Waals surface area contributed by atoms with Crippen LogP contribution in [0.1, 0.15) is 10.4 Å². The van der Waals surface area contributed by atoms with Gasteiger partial charge in [-0.05, 0) is 12.1 Å². The second kappa shape index (κ2) is 5.65. The summed E-state index contributed by atoms with van der Waals surface area (Å²) in [6.07, 6.45) is -7.14. The molecule has 11 heteroatoms. The first-order chi connectivity index (χ1) is 10.9. The van der Waals surface area contributed by atoms with Crippen LogP contribution in [-0.2, 0) is 14.3 Å². The van der Waals surface area contributed by atoms with Crippen molar-refractivity contribution in [3.8, 4) is 0 Å². The molecule has 24 heavy (non-hydrogen) atoms. The lowest BCUT2D eigenvalue weighted by atomic mass is 9.95. The molecule has 1 aromatic carbocycles. The Morgan fingerprint density at radius 2 is 1.54 bits per heavy atom. The molecule has 0 spiro atoms. The maximum absolute atomic E-state index is 13.6. The van der Waals surface area contributed by atoms with Crippen molar-refractivity contribution in [2.24, 2.45) is 0 Å². The molecule has 1 fully saturated rings. The van der Waals surface area contributed by atoms with Gasteiger partial charge in [0.25, 0.3) is 6.29 Å². The summed E-state index contributed by atoms with van der Waals surface area (Å²) in [5.41, 5.74) is -0.357. The molecular formula is C13H8F6O5. The second-order valence-corrected chi connectivity index (χ2v) is 4.78. The molecule has 0 saturated carbocycles. The third kappa shape index (κ3) is 2.58. The summed E-state index contributed by atoms with van der Waals surface area (Å²) < 4.78 is 88.6. The Labute approximate surface area is 129 Å². The maximum atomic E-state index is 13.6. The molecule has 1 saturated heterocycles. The first-order valence-corrected chi connectivity index (χ1v) is 6.20. The zero-order chi connectivity index (χ0) is 18.3. The van der Waals surface area contributed by atoms with Crippen molar-refractivity contribution in [3.05, 3.63) is 35.9 Å². The molecule has 1 heterocycles. The molecule has 1 aliphatic rings. The number of carbonyl (C=O) groups excluding carboxylic acids is 1. The molecule has 0 aromatic heterocycles. The van der Waals surface area contributed by atoms with Gasteiger partial charge in [0.05, 0.1) is 5.56 Å². The van der Waals surface area contributed by atoms with E-state index in [-0.39, 0.29) is 5.56 Å². The predicted molar refractivity (Wildman–Crippen MR) is 63.0 cm³/mol. The van der Waals surface area contributed by atoms with Gasteiger partial charge in [-0.25, -0.2) is 9.59 Å². The average molecular weight is 358 g/mol. The molecule has 0 radical (unpaired) electrons. The van der Waals surface area contributed by atoms with Gasteiger partial charge >= 0.3 is 29.7 Å². The van der Waals surface area contributed by atoms with Gasteiger partial charge in [0, 0.05) is 0 Å². The van der Waals surface area contributed by atoms with Gasteiger partial charge in [0.15, 0.2) is 0 Å². The van der Waals surface area contributed by atoms with Crippen molar-refractivity contribution < 1.29 is 50.5 Å². The number of ether oxygens (including phenoxy) is 2. The molecule has 1 aliphatic heterocycles. The molecular weight excluding hydrogens is 350 g/mol. The van der Waals surface area contributed by atoms with E-state index >= 15 is 0 Å². The number of carbonyl (C=O) groups is 2. The quantitative estimate of drug-likeness (QED) is 0.664. The normalized spacial score (nSPS) is 27.2. The summed E-state index contributed by atoms with van der Waals surface area (Å²) in [5, 5.41) is 8.52. The molecule has 132 valence electrons. The van der Waals surface area contributed by atoms with Gasteiger partial charge in [-0.15, -0.1) is 0 Å². The van der Waals surface area contributed by atoms with Crippen molar-refractivity contribution >= 4 is 11.9 Å². The third-order valence-corrected chi connectivity index (χ3v) is 3.17. The zero-order valence-electron chi connectivity index (χ0n) is 11.4. The van der Waals surface area contributed by atoms with Crippen molar-refractivity contribution in [2.75, 3.05) is 0 Å². The van der Waals surface area contributed by atoms with Crippen LogP contribution in [0.4, 0.5) is 26.3 Å². The van der Waals surface area contributed by atoms with E-state index in [4.69, 9.17) is 5.11 Å². The van der Waals surface area contributed by atoms with Crippen LogP contribution in [0, 0.1) is 0 Å². The number of alkyl halides is 6. The number of carboxylic acids is 1. The number of aliphatic carboxylic acids is 1. The molecule has 0 unspecified atom stereocenters. The summed E-state index contributed by atoms with van der Waals surface area (Å²) in [7, 11) is 0. The fraction of sp³-hybridized carbons (Fsp3) is 0.385. The smallest absolute Gasteiger partial charge is 0.381 e.